The third-order valence-electron chi connectivity index (χ3n) is 5.23. The Morgan fingerprint density at radius 2 is 1.64 bits per heavy atom. The number of nitrogens with one attached hydrogen (secondary N) is 1. The number of hydrogen-bond donors (Lipinski definition) is 2. The van der Waals surface area contributed by atoms with E-state index < -0.39 is 0 Å². The zero-order valence-corrected chi connectivity index (χ0v) is 16.9. The Morgan fingerprint density at radius 1 is 1.07 bits per heavy atom. The van der Waals surface area contributed by atoms with Gasteiger partial charge in [-0.3, -0.25) is 9.59 Å². The fourth-order valence-electron chi connectivity index (χ4n) is 3.47. The molecule has 0 aliphatic carbocycles. The van der Waals surface area contributed by atoms with Crippen molar-refractivity contribution in [2.75, 3.05) is 13.1 Å². The van der Waals surface area contributed by atoms with E-state index in [1.807, 2.05) is 72.5 Å². The van der Waals surface area contributed by atoms with Crippen LogP contribution in [0.4, 0.5) is 0 Å². The molecular weight excluding hydrogens is 374 g/mol. The van der Waals surface area contributed by atoms with Crippen LogP contribution in [0.15, 0.2) is 60.7 Å². The van der Waals surface area contributed by atoms with Crippen molar-refractivity contribution >= 4 is 24.2 Å². The monoisotopic (exact) mass is 401 g/mol. The largest absolute Gasteiger partial charge is 0.347 e. The first-order chi connectivity index (χ1) is 13.1. The molecule has 0 radical (unpaired) electrons. The fraction of sp³-hybridized carbons (Fsp3) is 0.364. The highest BCUT2D eigenvalue weighted by Crippen LogP contribution is 2.22. The van der Waals surface area contributed by atoms with E-state index in [1.54, 1.807) is 0 Å². The molecule has 0 spiro atoms. The van der Waals surface area contributed by atoms with Gasteiger partial charge < -0.3 is 16.0 Å². The topological polar surface area (TPSA) is 75.4 Å². The van der Waals surface area contributed by atoms with Crippen molar-refractivity contribution in [1.29, 1.82) is 0 Å². The van der Waals surface area contributed by atoms with E-state index in [-0.39, 0.29) is 42.2 Å². The fourth-order valence-corrected chi connectivity index (χ4v) is 3.47. The summed E-state index contributed by atoms with van der Waals surface area (Å²) in [6, 6.07) is 18.8. The van der Waals surface area contributed by atoms with Gasteiger partial charge >= 0.3 is 0 Å². The predicted molar refractivity (Wildman–Crippen MR) is 113 cm³/mol. The lowest BCUT2D eigenvalue weighted by atomic mass is 9.94. The number of benzene rings is 2. The van der Waals surface area contributed by atoms with Gasteiger partial charge in [0.25, 0.3) is 0 Å². The molecule has 5 nitrogen and oxygen atoms in total. The van der Waals surface area contributed by atoms with E-state index in [9.17, 15) is 9.59 Å². The maximum Gasteiger partial charge on any atom is 0.225 e. The first-order valence-electron chi connectivity index (χ1n) is 9.50. The summed E-state index contributed by atoms with van der Waals surface area (Å²) in [6.07, 6.45) is 1.47. The van der Waals surface area contributed by atoms with Crippen molar-refractivity contribution in [3.8, 4) is 0 Å². The van der Waals surface area contributed by atoms with Crippen molar-refractivity contribution < 1.29 is 9.59 Å². The highest BCUT2D eigenvalue weighted by atomic mass is 35.5. The quantitative estimate of drug-likeness (QED) is 0.747. The molecule has 1 saturated heterocycles. The molecule has 1 heterocycles. The summed E-state index contributed by atoms with van der Waals surface area (Å²) >= 11 is 0. The number of nitrogens with two attached hydrogens (primary N) is 1. The lowest BCUT2D eigenvalue weighted by Crippen LogP contribution is -2.42. The van der Waals surface area contributed by atoms with Crippen molar-refractivity contribution in [3.05, 3.63) is 71.8 Å². The molecule has 3 atom stereocenters. The summed E-state index contributed by atoms with van der Waals surface area (Å²) < 4.78 is 0. The number of amides is 2. The van der Waals surface area contributed by atoms with Gasteiger partial charge in [0, 0.05) is 25.6 Å². The Balaban J connectivity index is 0.00000280. The molecule has 150 valence electrons. The van der Waals surface area contributed by atoms with E-state index in [2.05, 4.69) is 5.32 Å². The Hall–Kier alpha value is -2.37. The Morgan fingerprint density at radius 3 is 2.18 bits per heavy atom. The van der Waals surface area contributed by atoms with E-state index in [4.69, 9.17) is 5.73 Å². The second kappa shape index (κ2) is 10.2. The van der Waals surface area contributed by atoms with Gasteiger partial charge in [0.15, 0.2) is 0 Å². The van der Waals surface area contributed by atoms with Gasteiger partial charge in [0.2, 0.25) is 11.8 Å². The summed E-state index contributed by atoms with van der Waals surface area (Å²) in [6.45, 7) is 3.08. The number of likely N-dealkylation sites (tertiary alicyclic amines) is 1. The molecule has 3 unspecified atom stereocenters. The standard InChI is InChI=1S/C22H27N3O2.ClH/c1-16(21(23)18-11-6-3-7-12-18)22(27)24-19(17-9-4-2-5-10-17)15-25-14-8-13-20(25)26;/h2-7,9-12,16,19,21H,8,13-15,23H2,1H3,(H,24,27);1H. The maximum absolute atomic E-state index is 12.9. The van der Waals surface area contributed by atoms with Crippen LogP contribution in [0, 0.1) is 5.92 Å². The number of nitrogens with zero attached hydrogens (tertiary/aromatic N) is 1. The average molecular weight is 402 g/mol. The third-order valence-corrected chi connectivity index (χ3v) is 5.23. The number of hydrogen-bond acceptors (Lipinski definition) is 3. The van der Waals surface area contributed by atoms with Crippen molar-refractivity contribution in [2.45, 2.75) is 31.8 Å². The van der Waals surface area contributed by atoms with Crippen LogP contribution < -0.4 is 11.1 Å². The second-order valence-corrected chi connectivity index (χ2v) is 7.14. The van der Waals surface area contributed by atoms with Gasteiger partial charge in [-0.15, -0.1) is 12.4 Å². The number of carbonyl (C=O) groups is 2. The van der Waals surface area contributed by atoms with Gasteiger partial charge in [-0.1, -0.05) is 67.6 Å². The summed E-state index contributed by atoms with van der Waals surface area (Å²) in [5.74, 6) is -0.334. The molecule has 3 rings (SSSR count). The van der Waals surface area contributed by atoms with Crippen molar-refractivity contribution in [2.24, 2.45) is 11.7 Å². The second-order valence-electron chi connectivity index (χ2n) is 7.14. The molecule has 0 bridgehead atoms. The summed E-state index contributed by atoms with van der Waals surface area (Å²) in [7, 11) is 0. The normalized spacial score (nSPS) is 16.8. The Kier molecular flexibility index (Phi) is 8.03. The lowest BCUT2D eigenvalue weighted by molar-refractivity contribution is -0.130. The number of halogens is 1. The maximum atomic E-state index is 12.9. The minimum atomic E-state index is -0.382. The zero-order valence-electron chi connectivity index (χ0n) is 16.1. The van der Waals surface area contributed by atoms with Crippen molar-refractivity contribution in [3.63, 3.8) is 0 Å². The van der Waals surface area contributed by atoms with Crippen LogP contribution in [0.3, 0.4) is 0 Å². The molecule has 0 aromatic heterocycles. The minimum Gasteiger partial charge on any atom is -0.347 e. The van der Waals surface area contributed by atoms with Crippen molar-refractivity contribution in [1.82, 2.24) is 10.2 Å². The minimum absolute atomic E-state index is 0. The van der Waals surface area contributed by atoms with E-state index in [0.717, 1.165) is 24.1 Å². The third kappa shape index (κ3) is 5.33. The highest BCUT2D eigenvalue weighted by molar-refractivity contribution is 5.85. The summed E-state index contributed by atoms with van der Waals surface area (Å²) in [5.41, 5.74) is 8.24. The molecule has 3 N–H and O–H groups in total. The molecule has 2 amide bonds. The molecular formula is C22H28ClN3O2. The average Bonchev–Trinajstić information content (AvgIpc) is 3.12. The summed E-state index contributed by atoms with van der Waals surface area (Å²) in [5, 5.41) is 3.12. The number of rotatable bonds is 7. The zero-order chi connectivity index (χ0) is 19.2. The SMILES string of the molecule is CC(C(=O)NC(CN1CCCC1=O)c1ccccc1)C(N)c1ccccc1.Cl. The van der Waals surface area contributed by atoms with Gasteiger partial charge in [-0.2, -0.15) is 0 Å². The van der Waals surface area contributed by atoms with Crippen LogP contribution in [-0.2, 0) is 9.59 Å². The first-order valence-corrected chi connectivity index (χ1v) is 9.50. The van der Waals surface area contributed by atoms with Crippen LogP contribution in [0.2, 0.25) is 0 Å². The highest BCUT2D eigenvalue weighted by Gasteiger charge is 2.28. The predicted octanol–water partition coefficient (Wildman–Crippen LogP) is 3.22. The molecule has 28 heavy (non-hydrogen) atoms. The molecule has 1 aliphatic heterocycles. The van der Waals surface area contributed by atoms with Gasteiger partial charge in [-0.25, -0.2) is 0 Å². The summed E-state index contributed by atoms with van der Waals surface area (Å²) in [4.78, 5) is 26.8. The lowest BCUT2D eigenvalue weighted by Gasteiger charge is -2.28. The molecule has 2 aromatic rings. The van der Waals surface area contributed by atoms with Crippen LogP contribution in [-0.4, -0.2) is 29.8 Å². The van der Waals surface area contributed by atoms with Crippen LogP contribution in [0.25, 0.3) is 0 Å². The van der Waals surface area contributed by atoms with Gasteiger partial charge in [0.1, 0.15) is 0 Å². The molecule has 6 heteroatoms. The van der Waals surface area contributed by atoms with E-state index >= 15 is 0 Å². The van der Waals surface area contributed by atoms with Gasteiger partial charge in [-0.05, 0) is 17.5 Å². The molecule has 2 aromatic carbocycles. The first kappa shape index (κ1) is 21.9. The molecule has 1 aliphatic rings. The smallest absolute Gasteiger partial charge is 0.225 e. The van der Waals surface area contributed by atoms with Gasteiger partial charge in [0.05, 0.1) is 12.0 Å². The molecule has 0 saturated carbocycles. The number of carbonyl (C=O) groups excluding carboxylic acids is 2. The van der Waals surface area contributed by atoms with E-state index in [1.165, 1.54) is 0 Å². The van der Waals surface area contributed by atoms with Crippen LogP contribution in [0.1, 0.15) is 43.0 Å². The Bertz CT molecular complexity index is 770. The van der Waals surface area contributed by atoms with Crippen LogP contribution in [0.5, 0.6) is 0 Å². The Labute approximate surface area is 172 Å². The molecule has 1 fully saturated rings. The van der Waals surface area contributed by atoms with E-state index in [0.29, 0.717) is 13.0 Å². The van der Waals surface area contributed by atoms with Crippen LogP contribution >= 0.6 is 12.4 Å².